The summed E-state index contributed by atoms with van der Waals surface area (Å²) in [5.74, 6) is 0. The molecule has 0 bridgehead atoms. The average molecular weight is 226 g/mol. The minimum Gasteiger partial charge on any atom is -0.381 e. The minimum absolute atomic E-state index is 0.297. The summed E-state index contributed by atoms with van der Waals surface area (Å²) in [6.45, 7) is 2.21. The second kappa shape index (κ2) is 5.09. The molecule has 0 unspecified atom stereocenters. The van der Waals surface area contributed by atoms with E-state index in [0.717, 1.165) is 5.56 Å². The van der Waals surface area contributed by atoms with E-state index in [0.29, 0.717) is 11.5 Å². The zero-order valence-electron chi connectivity index (χ0n) is 8.80. The number of ether oxygens (including phenoxy) is 1. The Balaban J connectivity index is 2.91. The maximum absolute atomic E-state index is 11.7. The van der Waals surface area contributed by atoms with Gasteiger partial charge in [-0.2, -0.15) is 0 Å². The normalized spacial score (nSPS) is 12.1. The lowest BCUT2D eigenvalue weighted by molar-refractivity contribution is 0.234. The van der Waals surface area contributed by atoms with Crippen LogP contribution in [0.25, 0.3) is 0 Å². The van der Waals surface area contributed by atoms with Gasteiger partial charge in [-0.15, -0.1) is 0 Å². The monoisotopic (exact) mass is 226 g/mol. The summed E-state index contributed by atoms with van der Waals surface area (Å²) in [5.41, 5.74) is 1.04. The first kappa shape index (κ1) is 11.9. The first-order chi connectivity index (χ1) is 7.06. The van der Waals surface area contributed by atoms with Crippen molar-refractivity contribution in [2.75, 3.05) is 13.7 Å². The Bertz CT molecular complexity index is 429. The van der Waals surface area contributed by atoms with Crippen molar-refractivity contribution in [3.63, 3.8) is 0 Å². The molecule has 3 nitrogen and oxygen atoms in total. The summed E-state index contributed by atoms with van der Waals surface area (Å²) in [6.07, 6.45) is 1.48. The van der Waals surface area contributed by atoms with Gasteiger partial charge in [0.05, 0.1) is 11.5 Å². The van der Waals surface area contributed by atoms with Gasteiger partial charge in [-0.25, -0.2) is 8.42 Å². The zero-order valence-corrected chi connectivity index (χ0v) is 9.62. The molecule has 4 heteroatoms. The standard InChI is InChI=1S/C11H14O3S/c1-10-4-6-11(7-5-10)15(12,13)9-3-8-14-2/h3-7,9H,8H2,1-2H3/b9-3+. The molecule has 82 valence electrons. The van der Waals surface area contributed by atoms with Crippen LogP contribution in [-0.4, -0.2) is 22.1 Å². The molecule has 0 fully saturated rings. The highest BCUT2D eigenvalue weighted by molar-refractivity contribution is 7.94. The number of methoxy groups -OCH3 is 1. The molecule has 0 aliphatic carbocycles. The Kier molecular flexibility index (Phi) is 4.05. The molecule has 0 spiro atoms. The van der Waals surface area contributed by atoms with Gasteiger partial charge in [0, 0.05) is 12.5 Å². The number of hydrogen-bond donors (Lipinski definition) is 0. The van der Waals surface area contributed by atoms with Gasteiger partial charge in [-0.3, -0.25) is 0 Å². The molecule has 0 saturated carbocycles. The molecule has 1 rings (SSSR count). The summed E-state index contributed by atoms with van der Waals surface area (Å²) >= 11 is 0. The fourth-order valence-electron chi connectivity index (χ4n) is 1.07. The van der Waals surface area contributed by atoms with E-state index in [9.17, 15) is 8.42 Å². The summed E-state index contributed by atoms with van der Waals surface area (Å²) in [7, 11) is -1.79. The molecular formula is C11H14O3S. The molecule has 0 atom stereocenters. The van der Waals surface area contributed by atoms with Crippen LogP contribution < -0.4 is 0 Å². The second-order valence-corrected chi connectivity index (χ2v) is 5.02. The molecule has 0 saturated heterocycles. The van der Waals surface area contributed by atoms with E-state index in [4.69, 9.17) is 4.74 Å². The van der Waals surface area contributed by atoms with E-state index in [1.807, 2.05) is 6.92 Å². The lowest BCUT2D eigenvalue weighted by atomic mass is 10.2. The van der Waals surface area contributed by atoms with Gasteiger partial charge in [-0.1, -0.05) is 17.7 Å². The number of aryl methyl sites for hydroxylation is 1. The highest BCUT2D eigenvalue weighted by Gasteiger charge is 2.08. The first-order valence-corrected chi connectivity index (χ1v) is 6.08. The van der Waals surface area contributed by atoms with Crippen LogP contribution >= 0.6 is 0 Å². The molecule has 0 radical (unpaired) electrons. The quantitative estimate of drug-likeness (QED) is 0.788. The predicted octanol–water partition coefficient (Wildman–Crippen LogP) is 1.93. The van der Waals surface area contributed by atoms with Crippen LogP contribution in [0.4, 0.5) is 0 Å². The third-order valence-electron chi connectivity index (χ3n) is 1.89. The van der Waals surface area contributed by atoms with Crippen LogP contribution in [0.1, 0.15) is 5.56 Å². The lowest BCUT2D eigenvalue weighted by Gasteiger charge is -1.99. The molecule has 0 amide bonds. The average Bonchev–Trinajstić information content (AvgIpc) is 2.18. The van der Waals surface area contributed by atoms with Crippen LogP contribution in [0.5, 0.6) is 0 Å². The number of sulfone groups is 1. The fourth-order valence-corrected chi connectivity index (χ4v) is 2.07. The van der Waals surface area contributed by atoms with Crippen molar-refractivity contribution in [2.24, 2.45) is 0 Å². The third kappa shape index (κ3) is 3.49. The van der Waals surface area contributed by atoms with Crippen LogP contribution in [0.3, 0.4) is 0 Å². The second-order valence-electron chi connectivity index (χ2n) is 3.19. The molecule has 0 aliphatic heterocycles. The van der Waals surface area contributed by atoms with Gasteiger partial charge < -0.3 is 4.74 Å². The van der Waals surface area contributed by atoms with Gasteiger partial charge in [0.2, 0.25) is 0 Å². The Morgan fingerprint density at radius 1 is 1.27 bits per heavy atom. The Labute approximate surface area is 90.3 Å². The Morgan fingerprint density at radius 3 is 2.40 bits per heavy atom. The fraction of sp³-hybridized carbons (Fsp3) is 0.273. The van der Waals surface area contributed by atoms with Crippen LogP contribution in [0.2, 0.25) is 0 Å². The molecular weight excluding hydrogens is 212 g/mol. The van der Waals surface area contributed by atoms with Gasteiger partial charge in [0.1, 0.15) is 0 Å². The first-order valence-electron chi connectivity index (χ1n) is 4.53. The zero-order chi connectivity index (χ0) is 11.3. The summed E-state index contributed by atoms with van der Waals surface area (Å²) in [5, 5.41) is 1.17. The number of benzene rings is 1. The lowest BCUT2D eigenvalue weighted by Crippen LogP contribution is -1.96. The Hall–Kier alpha value is -1.13. The molecule has 0 heterocycles. The third-order valence-corrected chi connectivity index (χ3v) is 3.37. The van der Waals surface area contributed by atoms with Crippen LogP contribution in [0.15, 0.2) is 40.6 Å². The number of hydrogen-bond acceptors (Lipinski definition) is 3. The topological polar surface area (TPSA) is 43.4 Å². The van der Waals surface area contributed by atoms with Gasteiger partial charge in [0.25, 0.3) is 0 Å². The van der Waals surface area contributed by atoms with E-state index >= 15 is 0 Å². The van der Waals surface area contributed by atoms with Crippen molar-refractivity contribution in [1.29, 1.82) is 0 Å². The van der Waals surface area contributed by atoms with E-state index in [1.54, 1.807) is 24.3 Å². The van der Waals surface area contributed by atoms with E-state index in [2.05, 4.69) is 0 Å². The van der Waals surface area contributed by atoms with E-state index < -0.39 is 9.84 Å². The minimum atomic E-state index is -3.31. The largest absolute Gasteiger partial charge is 0.381 e. The highest BCUT2D eigenvalue weighted by atomic mass is 32.2. The van der Waals surface area contributed by atoms with Crippen molar-refractivity contribution in [3.05, 3.63) is 41.3 Å². The van der Waals surface area contributed by atoms with Crippen molar-refractivity contribution in [2.45, 2.75) is 11.8 Å². The smallest absolute Gasteiger partial charge is 0.199 e. The van der Waals surface area contributed by atoms with Crippen molar-refractivity contribution in [3.8, 4) is 0 Å². The molecule has 0 aliphatic rings. The summed E-state index contributed by atoms with van der Waals surface area (Å²) in [4.78, 5) is 0.306. The van der Waals surface area contributed by atoms with E-state index in [1.165, 1.54) is 18.6 Å². The SMILES string of the molecule is COC/C=C/S(=O)(=O)c1ccc(C)cc1. The summed E-state index contributed by atoms with van der Waals surface area (Å²) in [6, 6.07) is 6.75. The van der Waals surface area contributed by atoms with Crippen molar-refractivity contribution < 1.29 is 13.2 Å². The van der Waals surface area contributed by atoms with Crippen molar-refractivity contribution >= 4 is 9.84 Å². The molecule has 1 aromatic rings. The maximum atomic E-state index is 11.7. The molecule has 0 N–H and O–H groups in total. The Morgan fingerprint density at radius 2 is 1.87 bits per heavy atom. The van der Waals surface area contributed by atoms with Gasteiger partial charge >= 0.3 is 0 Å². The van der Waals surface area contributed by atoms with Crippen LogP contribution in [0, 0.1) is 6.92 Å². The van der Waals surface area contributed by atoms with Crippen molar-refractivity contribution in [1.82, 2.24) is 0 Å². The molecule has 0 aromatic heterocycles. The molecule has 1 aromatic carbocycles. The predicted molar refractivity (Wildman–Crippen MR) is 59.4 cm³/mol. The highest BCUT2D eigenvalue weighted by Crippen LogP contribution is 2.12. The maximum Gasteiger partial charge on any atom is 0.199 e. The summed E-state index contributed by atoms with van der Waals surface area (Å²) < 4.78 is 28.1. The number of rotatable bonds is 4. The molecule has 15 heavy (non-hydrogen) atoms. The van der Waals surface area contributed by atoms with Gasteiger partial charge in [-0.05, 0) is 25.1 Å². The van der Waals surface area contributed by atoms with E-state index in [-0.39, 0.29) is 0 Å². The van der Waals surface area contributed by atoms with Crippen LogP contribution in [-0.2, 0) is 14.6 Å². The van der Waals surface area contributed by atoms with Gasteiger partial charge in [0.15, 0.2) is 9.84 Å².